The molecule has 1 amide bonds. The van der Waals surface area contributed by atoms with Crippen molar-refractivity contribution in [3.8, 4) is 22.8 Å². The van der Waals surface area contributed by atoms with E-state index >= 15 is 0 Å². The van der Waals surface area contributed by atoms with E-state index in [0.29, 0.717) is 50.0 Å². The zero-order valence-corrected chi connectivity index (χ0v) is 17.7. The number of carbonyl (C=O) groups is 1. The lowest BCUT2D eigenvalue weighted by atomic mass is 10.1. The van der Waals surface area contributed by atoms with Crippen molar-refractivity contribution in [3.63, 3.8) is 0 Å². The Labute approximate surface area is 181 Å². The fraction of sp³-hybridized carbons (Fsp3) is 0.333. The zero-order valence-electron chi connectivity index (χ0n) is 17.7. The van der Waals surface area contributed by atoms with Gasteiger partial charge in [-0.1, -0.05) is 30.3 Å². The van der Waals surface area contributed by atoms with Crippen molar-refractivity contribution in [3.05, 3.63) is 65.9 Å². The molecule has 31 heavy (non-hydrogen) atoms. The fourth-order valence-electron chi connectivity index (χ4n) is 3.41. The van der Waals surface area contributed by atoms with E-state index in [1.807, 2.05) is 48.5 Å². The van der Waals surface area contributed by atoms with Crippen molar-refractivity contribution in [1.82, 2.24) is 15.1 Å². The molecule has 1 N–H and O–H groups in total. The number of nitrogens with zero attached hydrogens (tertiary/aromatic N) is 2. The van der Waals surface area contributed by atoms with Crippen LogP contribution < -0.4 is 14.8 Å². The van der Waals surface area contributed by atoms with Crippen LogP contribution in [0.2, 0.25) is 0 Å². The van der Waals surface area contributed by atoms with Crippen molar-refractivity contribution in [1.29, 1.82) is 0 Å². The van der Waals surface area contributed by atoms with Crippen LogP contribution >= 0.6 is 0 Å². The molecule has 2 heterocycles. The average molecular weight is 421 g/mol. The maximum atomic E-state index is 12.8. The topological polar surface area (TPSA) is 74.6 Å². The van der Waals surface area contributed by atoms with Gasteiger partial charge in [-0.05, 0) is 30.2 Å². The monoisotopic (exact) mass is 421 g/mol. The predicted octanol–water partition coefficient (Wildman–Crippen LogP) is 3.59. The first kappa shape index (κ1) is 20.9. The van der Waals surface area contributed by atoms with Crippen LogP contribution in [0.3, 0.4) is 0 Å². The number of aromatic nitrogens is 2. The van der Waals surface area contributed by atoms with Crippen molar-refractivity contribution in [2.45, 2.75) is 19.4 Å². The van der Waals surface area contributed by atoms with Gasteiger partial charge in [0.1, 0.15) is 5.69 Å². The van der Waals surface area contributed by atoms with Crippen molar-refractivity contribution < 1.29 is 19.0 Å². The van der Waals surface area contributed by atoms with Gasteiger partial charge in [0, 0.05) is 38.4 Å². The molecule has 1 aliphatic heterocycles. The van der Waals surface area contributed by atoms with E-state index in [4.69, 9.17) is 14.2 Å². The van der Waals surface area contributed by atoms with Gasteiger partial charge in [0.25, 0.3) is 5.91 Å². The molecule has 7 heteroatoms. The van der Waals surface area contributed by atoms with Crippen LogP contribution in [0, 0.1) is 0 Å². The minimum atomic E-state index is -0.154. The van der Waals surface area contributed by atoms with Crippen LogP contribution in [-0.4, -0.2) is 42.1 Å². The SMILES string of the molecule is Cn1cc(C(=O)NCCCOCc2ccccc2)c(-c2ccc3c(c2)OCCCO3)n1. The molecule has 0 fully saturated rings. The van der Waals surface area contributed by atoms with Crippen molar-refractivity contribution >= 4 is 5.91 Å². The molecular formula is C24H27N3O4. The lowest BCUT2D eigenvalue weighted by molar-refractivity contribution is 0.0935. The lowest BCUT2D eigenvalue weighted by Gasteiger charge is -2.10. The Bertz CT molecular complexity index is 1020. The van der Waals surface area contributed by atoms with Crippen LogP contribution in [0.15, 0.2) is 54.7 Å². The fourth-order valence-corrected chi connectivity index (χ4v) is 3.41. The molecule has 0 unspecified atom stereocenters. The number of hydrogen-bond acceptors (Lipinski definition) is 5. The van der Waals surface area contributed by atoms with Crippen molar-refractivity contribution in [2.75, 3.05) is 26.4 Å². The van der Waals surface area contributed by atoms with E-state index in [1.54, 1.807) is 17.9 Å². The Hall–Kier alpha value is -3.32. The molecule has 162 valence electrons. The van der Waals surface area contributed by atoms with Gasteiger partial charge < -0.3 is 19.5 Å². The molecule has 1 aliphatic rings. The number of benzene rings is 2. The molecule has 1 aromatic heterocycles. The Kier molecular flexibility index (Phi) is 6.84. The summed E-state index contributed by atoms with van der Waals surface area (Å²) in [6.45, 7) is 2.93. The standard InChI is InChI=1S/C24H27N3O4/c1-27-16-20(24(28)25-11-5-12-29-17-18-7-3-2-4-8-18)23(26-27)19-9-10-21-22(15-19)31-14-6-13-30-21/h2-4,7-10,15-16H,5-6,11-14,17H2,1H3,(H,25,28). The number of amides is 1. The molecule has 0 spiro atoms. The Morgan fingerprint density at radius 1 is 1.13 bits per heavy atom. The number of aryl methyl sites for hydroxylation is 1. The molecule has 0 aliphatic carbocycles. The van der Waals surface area contributed by atoms with Gasteiger partial charge in [0.2, 0.25) is 0 Å². The minimum Gasteiger partial charge on any atom is -0.490 e. The summed E-state index contributed by atoms with van der Waals surface area (Å²) >= 11 is 0. The van der Waals surface area contributed by atoms with E-state index in [1.165, 1.54) is 0 Å². The summed E-state index contributed by atoms with van der Waals surface area (Å²) in [4.78, 5) is 12.8. The number of nitrogens with one attached hydrogen (secondary N) is 1. The van der Waals surface area contributed by atoms with Gasteiger partial charge in [-0.25, -0.2) is 0 Å². The summed E-state index contributed by atoms with van der Waals surface area (Å²) in [6, 6.07) is 15.7. The number of carbonyl (C=O) groups excluding carboxylic acids is 1. The number of ether oxygens (including phenoxy) is 3. The second-order valence-corrected chi connectivity index (χ2v) is 7.42. The number of fused-ring (bicyclic) bond motifs is 1. The van der Waals surface area contributed by atoms with Crippen LogP contribution in [-0.2, 0) is 18.4 Å². The molecular weight excluding hydrogens is 394 g/mol. The smallest absolute Gasteiger partial charge is 0.255 e. The Morgan fingerprint density at radius 2 is 1.94 bits per heavy atom. The van der Waals surface area contributed by atoms with Crippen LogP contribution in [0.4, 0.5) is 0 Å². The third-order valence-electron chi connectivity index (χ3n) is 4.96. The first-order valence-corrected chi connectivity index (χ1v) is 10.5. The summed E-state index contributed by atoms with van der Waals surface area (Å²) in [6.07, 6.45) is 3.31. The van der Waals surface area contributed by atoms with E-state index in [-0.39, 0.29) is 5.91 Å². The summed E-state index contributed by atoms with van der Waals surface area (Å²) in [7, 11) is 1.81. The minimum absolute atomic E-state index is 0.154. The molecule has 0 radical (unpaired) electrons. The summed E-state index contributed by atoms with van der Waals surface area (Å²) in [5.41, 5.74) is 3.11. The highest BCUT2D eigenvalue weighted by molar-refractivity contribution is 5.99. The van der Waals surface area contributed by atoms with Gasteiger partial charge in [-0.3, -0.25) is 9.48 Å². The van der Waals surface area contributed by atoms with Gasteiger partial charge in [0.15, 0.2) is 11.5 Å². The highest BCUT2D eigenvalue weighted by atomic mass is 16.5. The second kappa shape index (κ2) is 10.1. The molecule has 2 aromatic carbocycles. The lowest BCUT2D eigenvalue weighted by Crippen LogP contribution is -2.25. The van der Waals surface area contributed by atoms with E-state index in [0.717, 1.165) is 29.7 Å². The molecule has 0 atom stereocenters. The Morgan fingerprint density at radius 3 is 2.77 bits per heavy atom. The Balaban J connectivity index is 1.33. The summed E-state index contributed by atoms with van der Waals surface area (Å²) in [5, 5.41) is 7.47. The maximum absolute atomic E-state index is 12.8. The highest BCUT2D eigenvalue weighted by Crippen LogP contribution is 2.34. The second-order valence-electron chi connectivity index (χ2n) is 7.42. The molecule has 0 bridgehead atoms. The summed E-state index contributed by atoms with van der Waals surface area (Å²) < 4.78 is 18.8. The first-order chi connectivity index (χ1) is 15.2. The third-order valence-corrected chi connectivity index (χ3v) is 4.96. The first-order valence-electron chi connectivity index (χ1n) is 10.5. The normalized spacial score (nSPS) is 12.9. The van der Waals surface area contributed by atoms with E-state index < -0.39 is 0 Å². The van der Waals surface area contributed by atoms with Gasteiger partial charge >= 0.3 is 0 Å². The molecule has 0 saturated carbocycles. The largest absolute Gasteiger partial charge is 0.490 e. The molecule has 3 aromatic rings. The molecule has 0 saturated heterocycles. The van der Waals surface area contributed by atoms with Gasteiger partial charge in [-0.2, -0.15) is 5.10 Å². The van der Waals surface area contributed by atoms with Crippen molar-refractivity contribution in [2.24, 2.45) is 7.05 Å². The molecule has 4 rings (SSSR count). The third kappa shape index (κ3) is 5.44. The zero-order chi connectivity index (χ0) is 21.5. The number of rotatable bonds is 8. The highest BCUT2D eigenvalue weighted by Gasteiger charge is 2.19. The van der Waals surface area contributed by atoms with E-state index in [9.17, 15) is 4.79 Å². The predicted molar refractivity (Wildman–Crippen MR) is 117 cm³/mol. The average Bonchev–Trinajstić information content (AvgIpc) is 3.03. The molecule has 7 nitrogen and oxygen atoms in total. The van der Waals surface area contributed by atoms with Crippen LogP contribution in [0.1, 0.15) is 28.8 Å². The maximum Gasteiger partial charge on any atom is 0.255 e. The van der Waals surface area contributed by atoms with Gasteiger partial charge in [-0.15, -0.1) is 0 Å². The quantitative estimate of drug-likeness (QED) is 0.563. The van der Waals surface area contributed by atoms with Crippen LogP contribution in [0.5, 0.6) is 11.5 Å². The van der Waals surface area contributed by atoms with Gasteiger partial charge in [0.05, 0.1) is 25.4 Å². The summed E-state index contributed by atoms with van der Waals surface area (Å²) in [5.74, 6) is 1.25. The van der Waals surface area contributed by atoms with E-state index in [2.05, 4.69) is 10.4 Å². The number of hydrogen-bond donors (Lipinski definition) is 1. The van der Waals surface area contributed by atoms with Crippen LogP contribution in [0.25, 0.3) is 11.3 Å².